The van der Waals surface area contributed by atoms with Crippen molar-refractivity contribution < 1.29 is 4.79 Å². The molecule has 0 aliphatic carbocycles. The van der Waals surface area contributed by atoms with Crippen molar-refractivity contribution in [2.24, 2.45) is 0 Å². The maximum atomic E-state index is 11.2. The van der Waals surface area contributed by atoms with Crippen molar-refractivity contribution in [2.75, 3.05) is 0 Å². The molecule has 1 saturated heterocycles. The van der Waals surface area contributed by atoms with Gasteiger partial charge in [-0.1, -0.05) is 51.0 Å². The lowest BCUT2D eigenvalue weighted by molar-refractivity contribution is 0.247. The fraction of sp³-hybridized carbons (Fsp3) is 0.615. The summed E-state index contributed by atoms with van der Waals surface area (Å²) in [6.07, 6.45) is 12.9. The molecule has 0 bridgehead atoms. The summed E-state index contributed by atoms with van der Waals surface area (Å²) in [4.78, 5) is 11.2. The van der Waals surface area contributed by atoms with E-state index in [1.54, 1.807) is 0 Å². The van der Waals surface area contributed by atoms with Crippen LogP contribution in [0.15, 0.2) is 24.3 Å². The van der Waals surface area contributed by atoms with Crippen molar-refractivity contribution in [3.8, 4) is 0 Å². The number of urea groups is 1. The summed E-state index contributed by atoms with van der Waals surface area (Å²) in [7, 11) is 0. The van der Waals surface area contributed by atoms with Crippen LogP contribution in [0.25, 0.3) is 0 Å². The van der Waals surface area contributed by atoms with Gasteiger partial charge in [-0.25, -0.2) is 4.79 Å². The zero-order valence-electron chi connectivity index (χ0n) is 10.2. The topological polar surface area (TPSA) is 41.1 Å². The Bertz CT molecular complexity index is 245. The first-order valence-corrected chi connectivity index (χ1v) is 6.18. The van der Waals surface area contributed by atoms with E-state index in [4.69, 9.17) is 0 Å². The summed E-state index contributed by atoms with van der Waals surface area (Å²) in [5.74, 6) is 0. The highest BCUT2D eigenvalue weighted by Crippen LogP contribution is 2.07. The molecule has 0 aromatic heterocycles. The Kier molecular flexibility index (Phi) is 5.68. The number of rotatable bonds is 6. The third-order valence-corrected chi connectivity index (χ3v) is 2.58. The number of hydrogen-bond acceptors (Lipinski definition) is 1. The average Bonchev–Trinajstić information content (AvgIpc) is 2.60. The fourth-order valence-corrected chi connectivity index (χ4v) is 1.68. The highest BCUT2D eigenvalue weighted by atomic mass is 16.2. The van der Waals surface area contributed by atoms with Crippen molar-refractivity contribution in [1.29, 1.82) is 0 Å². The molecule has 90 valence electrons. The molecule has 3 heteroatoms. The molecule has 0 aromatic carbocycles. The highest BCUT2D eigenvalue weighted by Gasteiger charge is 2.26. The maximum absolute atomic E-state index is 11.2. The van der Waals surface area contributed by atoms with Gasteiger partial charge in [0.1, 0.15) is 0 Å². The first-order valence-electron chi connectivity index (χ1n) is 6.18. The molecule has 2 amide bonds. The van der Waals surface area contributed by atoms with Crippen LogP contribution in [-0.2, 0) is 0 Å². The molecule has 2 atom stereocenters. The predicted octanol–water partition coefficient (Wildman–Crippen LogP) is 2.75. The normalized spacial score (nSPS) is 25.2. The van der Waals surface area contributed by atoms with Gasteiger partial charge in [-0.2, -0.15) is 0 Å². The van der Waals surface area contributed by atoms with Crippen LogP contribution in [0.3, 0.4) is 0 Å². The van der Waals surface area contributed by atoms with E-state index in [2.05, 4.69) is 48.8 Å². The third-order valence-electron chi connectivity index (χ3n) is 2.58. The molecule has 2 unspecified atom stereocenters. The van der Waals surface area contributed by atoms with Gasteiger partial charge in [-0.15, -0.1) is 0 Å². The number of unbranched alkanes of at least 4 members (excludes halogenated alkanes) is 2. The van der Waals surface area contributed by atoms with E-state index in [0.717, 1.165) is 25.7 Å². The van der Waals surface area contributed by atoms with Gasteiger partial charge in [0.2, 0.25) is 0 Å². The number of carbonyl (C=O) groups excluding carboxylic acids is 1. The molecule has 1 aliphatic rings. The summed E-state index contributed by atoms with van der Waals surface area (Å²) >= 11 is 0. The quantitative estimate of drug-likeness (QED) is 0.667. The van der Waals surface area contributed by atoms with E-state index in [-0.39, 0.29) is 18.1 Å². The van der Waals surface area contributed by atoms with Crippen molar-refractivity contribution in [3.63, 3.8) is 0 Å². The first-order chi connectivity index (χ1) is 7.77. The molecule has 0 radical (unpaired) electrons. The Hall–Kier alpha value is -1.25. The zero-order valence-corrected chi connectivity index (χ0v) is 10.2. The molecule has 0 spiro atoms. The molecule has 1 rings (SSSR count). The minimum Gasteiger partial charge on any atom is -0.330 e. The summed E-state index contributed by atoms with van der Waals surface area (Å²) < 4.78 is 0. The second kappa shape index (κ2) is 7.09. The van der Waals surface area contributed by atoms with Crippen LogP contribution < -0.4 is 10.6 Å². The van der Waals surface area contributed by atoms with Crippen molar-refractivity contribution in [1.82, 2.24) is 10.6 Å². The van der Waals surface area contributed by atoms with E-state index in [1.165, 1.54) is 0 Å². The van der Waals surface area contributed by atoms with Crippen molar-refractivity contribution in [2.45, 2.75) is 51.6 Å². The second-order valence-electron chi connectivity index (χ2n) is 4.10. The van der Waals surface area contributed by atoms with Crippen LogP contribution in [0, 0.1) is 0 Å². The number of allylic oxidation sites excluding steroid dienone is 2. The Morgan fingerprint density at radius 1 is 1.00 bits per heavy atom. The predicted molar refractivity (Wildman–Crippen MR) is 67.3 cm³/mol. The van der Waals surface area contributed by atoms with Gasteiger partial charge in [0, 0.05) is 0 Å². The van der Waals surface area contributed by atoms with Crippen LogP contribution in [0.5, 0.6) is 0 Å². The molecule has 16 heavy (non-hydrogen) atoms. The molecule has 1 aliphatic heterocycles. The van der Waals surface area contributed by atoms with Crippen LogP contribution in [0.2, 0.25) is 0 Å². The number of hydrogen-bond donors (Lipinski definition) is 2. The smallest absolute Gasteiger partial charge is 0.315 e. The minimum absolute atomic E-state index is 0.0719. The fourth-order valence-electron chi connectivity index (χ4n) is 1.68. The summed E-state index contributed by atoms with van der Waals surface area (Å²) in [6.45, 7) is 4.29. The first kappa shape index (κ1) is 12.8. The van der Waals surface area contributed by atoms with E-state index in [0.29, 0.717) is 0 Å². The van der Waals surface area contributed by atoms with Crippen molar-refractivity contribution >= 4 is 6.03 Å². The van der Waals surface area contributed by atoms with Crippen molar-refractivity contribution in [3.05, 3.63) is 24.3 Å². The van der Waals surface area contributed by atoms with E-state index < -0.39 is 0 Å². The van der Waals surface area contributed by atoms with Gasteiger partial charge in [0.15, 0.2) is 0 Å². The molecular formula is C13H22N2O. The summed E-state index contributed by atoms with van der Waals surface area (Å²) in [6, 6.07) is 0.136. The van der Waals surface area contributed by atoms with Gasteiger partial charge in [-0.05, 0) is 12.8 Å². The lowest BCUT2D eigenvalue weighted by atomic mass is 10.1. The zero-order chi connectivity index (χ0) is 11.8. The van der Waals surface area contributed by atoms with E-state index in [1.807, 2.05) is 0 Å². The number of nitrogens with one attached hydrogen (secondary N) is 2. The Labute approximate surface area is 98.0 Å². The minimum atomic E-state index is -0.0719. The van der Waals surface area contributed by atoms with Gasteiger partial charge in [-0.3, -0.25) is 0 Å². The monoisotopic (exact) mass is 222 g/mol. The highest BCUT2D eigenvalue weighted by molar-refractivity contribution is 5.78. The maximum Gasteiger partial charge on any atom is 0.315 e. The Balaban J connectivity index is 2.49. The molecule has 2 N–H and O–H groups in total. The van der Waals surface area contributed by atoms with Gasteiger partial charge >= 0.3 is 6.03 Å². The molecule has 1 heterocycles. The lowest BCUT2D eigenvalue weighted by Crippen LogP contribution is -2.29. The van der Waals surface area contributed by atoms with Crippen LogP contribution in [0.1, 0.15) is 39.5 Å². The Morgan fingerprint density at radius 3 is 1.81 bits per heavy atom. The summed E-state index contributed by atoms with van der Waals surface area (Å²) in [5.41, 5.74) is 0. The number of carbonyl (C=O) groups is 1. The van der Waals surface area contributed by atoms with Gasteiger partial charge in [0.05, 0.1) is 12.1 Å². The van der Waals surface area contributed by atoms with E-state index in [9.17, 15) is 4.79 Å². The molecule has 3 nitrogen and oxygen atoms in total. The average molecular weight is 222 g/mol. The number of amides is 2. The lowest BCUT2D eigenvalue weighted by Gasteiger charge is -2.10. The van der Waals surface area contributed by atoms with Gasteiger partial charge < -0.3 is 10.6 Å². The molecule has 0 saturated carbocycles. The molecular weight excluding hydrogens is 200 g/mol. The second-order valence-corrected chi connectivity index (χ2v) is 4.10. The SMILES string of the molecule is CCCC=CC1NC(=O)NC1C=CCCC. The largest absolute Gasteiger partial charge is 0.330 e. The van der Waals surface area contributed by atoms with Crippen LogP contribution >= 0.6 is 0 Å². The van der Waals surface area contributed by atoms with Crippen LogP contribution in [0.4, 0.5) is 4.79 Å². The van der Waals surface area contributed by atoms with Gasteiger partial charge in [0.25, 0.3) is 0 Å². The Morgan fingerprint density at radius 2 is 1.44 bits per heavy atom. The third kappa shape index (κ3) is 4.09. The summed E-state index contributed by atoms with van der Waals surface area (Å²) in [5, 5.41) is 5.80. The van der Waals surface area contributed by atoms with Crippen LogP contribution in [-0.4, -0.2) is 18.1 Å². The van der Waals surface area contributed by atoms with E-state index >= 15 is 0 Å². The molecule has 0 aromatic rings. The molecule has 1 fully saturated rings. The standard InChI is InChI=1S/C13H22N2O/c1-3-5-7-9-11-12(10-8-6-4-2)15-13(16)14-11/h7-12H,3-6H2,1-2H3,(H2,14,15,16).